The second kappa shape index (κ2) is 4.36. The molecule has 19 heavy (non-hydrogen) atoms. The van der Waals surface area contributed by atoms with Gasteiger partial charge in [-0.2, -0.15) is 0 Å². The first-order valence-corrected chi connectivity index (χ1v) is 7.60. The number of amides is 1. The zero-order chi connectivity index (χ0) is 12.8. The van der Waals surface area contributed by atoms with E-state index in [0.717, 1.165) is 17.8 Å². The van der Waals surface area contributed by atoms with Crippen LogP contribution < -0.4 is 5.32 Å². The molecule has 3 bridgehead atoms. The van der Waals surface area contributed by atoms with E-state index in [1.54, 1.807) is 23.3 Å². The molecule has 0 aromatic carbocycles. The summed E-state index contributed by atoms with van der Waals surface area (Å²) in [5.74, 6) is 3.34. The molecule has 5 atom stereocenters. The molecule has 3 saturated carbocycles. The summed E-state index contributed by atoms with van der Waals surface area (Å²) in [4.78, 5) is 16.2. The van der Waals surface area contributed by atoms with Crippen molar-refractivity contribution in [1.29, 1.82) is 0 Å². The minimum Gasteiger partial charge on any atom is -0.334 e. The lowest BCUT2D eigenvalue weighted by Crippen LogP contribution is -2.48. The summed E-state index contributed by atoms with van der Waals surface area (Å²) in [5, 5.41) is 3.29. The third-order valence-corrected chi connectivity index (χ3v) is 5.68. The fraction of sp³-hybridized carbons (Fsp3) is 0.733. The van der Waals surface area contributed by atoms with Crippen molar-refractivity contribution < 1.29 is 4.79 Å². The van der Waals surface area contributed by atoms with Crippen LogP contribution in [-0.2, 0) is 0 Å². The van der Waals surface area contributed by atoms with Crippen LogP contribution in [0, 0.1) is 23.7 Å². The van der Waals surface area contributed by atoms with Gasteiger partial charge < -0.3 is 5.32 Å². The van der Waals surface area contributed by atoms with Crippen molar-refractivity contribution in [1.82, 2.24) is 14.9 Å². The Kier molecular flexibility index (Phi) is 2.64. The summed E-state index contributed by atoms with van der Waals surface area (Å²) >= 11 is 0. The van der Waals surface area contributed by atoms with Gasteiger partial charge in [0.05, 0.1) is 0 Å². The van der Waals surface area contributed by atoms with Gasteiger partial charge in [0.15, 0.2) is 0 Å². The van der Waals surface area contributed by atoms with E-state index < -0.39 is 0 Å². The number of rotatable bonds is 1. The Labute approximate surface area is 113 Å². The monoisotopic (exact) mass is 259 g/mol. The van der Waals surface area contributed by atoms with E-state index in [1.165, 1.54) is 38.5 Å². The Morgan fingerprint density at radius 3 is 2.74 bits per heavy atom. The molecule has 1 amide bonds. The van der Waals surface area contributed by atoms with Gasteiger partial charge in [-0.25, -0.2) is 9.78 Å². The minimum absolute atomic E-state index is 0.00465. The number of carbonyl (C=O) groups is 1. The van der Waals surface area contributed by atoms with Crippen LogP contribution in [0.3, 0.4) is 0 Å². The number of nitrogens with one attached hydrogen (secondary N) is 1. The number of fused-ring (bicyclic) bond motifs is 2. The molecule has 1 N–H and O–H groups in total. The van der Waals surface area contributed by atoms with Gasteiger partial charge in [0, 0.05) is 18.4 Å². The fourth-order valence-corrected chi connectivity index (χ4v) is 4.89. The standard InChI is InChI=1S/C15H21N3O/c19-15(18-5-4-16-9-18)17-14-11-3-1-2-10-6-13(14)8-12(10)7-11/h4-5,9-14H,1-3,6-8H2,(H,17,19)/t10-,11?,12?,13?,14?/m1/s1. The van der Waals surface area contributed by atoms with Gasteiger partial charge in [0.1, 0.15) is 6.33 Å². The van der Waals surface area contributed by atoms with E-state index in [4.69, 9.17) is 0 Å². The van der Waals surface area contributed by atoms with E-state index in [1.807, 2.05) is 0 Å². The molecular formula is C15H21N3O. The molecule has 102 valence electrons. The van der Waals surface area contributed by atoms with Crippen molar-refractivity contribution >= 4 is 6.03 Å². The van der Waals surface area contributed by atoms with Crippen molar-refractivity contribution in [2.75, 3.05) is 0 Å². The Morgan fingerprint density at radius 2 is 1.89 bits per heavy atom. The van der Waals surface area contributed by atoms with Gasteiger partial charge in [-0.1, -0.05) is 12.8 Å². The third kappa shape index (κ3) is 1.88. The highest BCUT2D eigenvalue weighted by atomic mass is 16.2. The highest BCUT2D eigenvalue weighted by Crippen LogP contribution is 2.53. The molecule has 4 rings (SSSR count). The predicted octanol–water partition coefficient (Wildman–Crippen LogP) is 2.66. The van der Waals surface area contributed by atoms with E-state index in [2.05, 4.69) is 10.3 Å². The average molecular weight is 259 g/mol. The summed E-state index contributed by atoms with van der Waals surface area (Å²) < 4.78 is 1.56. The first-order valence-electron chi connectivity index (χ1n) is 7.60. The molecule has 4 nitrogen and oxygen atoms in total. The van der Waals surface area contributed by atoms with Crippen LogP contribution in [0.5, 0.6) is 0 Å². The van der Waals surface area contributed by atoms with Crippen LogP contribution in [0.15, 0.2) is 18.7 Å². The Bertz CT molecular complexity index is 470. The summed E-state index contributed by atoms with van der Waals surface area (Å²) in [6, 6.07) is 0.395. The molecule has 1 heterocycles. The van der Waals surface area contributed by atoms with Gasteiger partial charge >= 0.3 is 6.03 Å². The lowest BCUT2D eigenvalue weighted by Gasteiger charge is -2.36. The van der Waals surface area contributed by atoms with Gasteiger partial charge in [-0.3, -0.25) is 4.57 Å². The van der Waals surface area contributed by atoms with Crippen LogP contribution in [0.2, 0.25) is 0 Å². The number of aromatic nitrogens is 2. The fourth-order valence-electron chi connectivity index (χ4n) is 4.89. The van der Waals surface area contributed by atoms with Crippen molar-refractivity contribution in [3.63, 3.8) is 0 Å². The van der Waals surface area contributed by atoms with Gasteiger partial charge in [0.2, 0.25) is 0 Å². The molecule has 0 saturated heterocycles. The van der Waals surface area contributed by atoms with Crippen molar-refractivity contribution in [2.45, 2.75) is 44.6 Å². The minimum atomic E-state index is -0.00465. The van der Waals surface area contributed by atoms with Gasteiger partial charge in [0.25, 0.3) is 0 Å². The normalized spacial score (nSPS) is 40.1. The number of nitrogens with zero attached hydrogens (tertiary/aromatic N) is 2. The van der Waals surface area contributed by atoms with Crippen molar-refractivity contribution in [3.05, 3.63) is 18.7 Å². The molecule has 4 heteroatoms. The summed E-state index contributed by atoms with van der Waals surface area (Å²) in [7, 11) is 0. The van der Waals surface area contributed by atoms with E-state index >= 15 is 0 Å². The lowest BCUT2D eigenvalue weighted by atomic mass is 9.75. The zero-order valence-corrected chi connectivity index (χ0v) is 11.2. The molecule has 0 spiro atoms. The largest absolute Gasteiger partial charge is 0.334 e. The maximum absolute atomic E-state index is 12.2. The van der Waals surface area contributed by atoms with E-state index in [0.29, 0.717) is 12.0 Å². The molecule has 3 aliphatic carbocycles. The molecule has 1 aromatic rings. The quantitative estimate of drug-likeness (QED) is 0.842. The van der Waals surface area contributed by atoms with Crippen molar-refractivity contribution in [3.8, 4) is 0 Å². The topological polar surface area (TPSA) is 46.9 Å². The van der Waals surface area contributed by atoms with E-state index in [9.17, 15) is 4.79 Å². The highest BCUT2D eigenvalue weighted by Gasteiger charge is 2.48. The number of hydrogen-bond donors (Lipinski definition) is 1. The first kappa shape index (κ1) is 11.5. The maximum Gasteiger partial charge on any atom is 0.327 e. The average Bonchev–Trinajstić information content (AvgIpc) is 3.00. The van der Waals surface area contributed by atoms with Gasteiger partial charge in [-0.15, -0.1) is 0 Å². The summed E-state index contributed by atoms with van der Waals surface area (Å²) in [6.07, 6.45) is 13.1. The van der Waals surface area contributed by atoms with Crippen molar-refractivity contribution in [2.24, 2.45) is 23.7 Å². The van der Waals surface area contributed by atoms with Gasteiger partial charge in [-0.05, 0) is 49.4 Å². The molecule has 1 aromatic heterocycles. The van der Waals surface area contributed by atoms with Crippen LogP contribution in [-0.4, -0.2) is 21.6 Å². The third-order valence-electron chi connectivity index (χ3n) is 5.68. The van der Waals surface area contributed by atoms with E-state index in [-0.39, 0.29) is 6.03 Å². The lowest BCUT2D eigenvalue weighted by molar-refractivity contribution is 0.175. The Morgan fingerprint density at radius 1 is 1.11 bits per heavy atom. The smallest absolute Gasteiger partial charge is 0.327 e. The molecule has 3 fully saturated rings. The number of carbonyl (C=O) groups excluding carboxylic acids is 1. The first-order chi connectivity index (χ1) is 9.31. The SMILES string of the molecule is O=C(NC1C2CCC[C@@H]3CC1CC3C2)n1ccnc1. The predicted molar refractivity (Wildman–Crippen MR) is 71.6 cm³/mol. The zero-order valence-electron chi connectivity index (χ0n) is 11.2. The molecule has 4 unspecified atom stereocenters. The highest BCUT2D eigenvalue weighted by molar-refractivity contribution is 5.76. The maximum atomic E-state index is 12.2. The second-order valence-corrected chi connectivity index (χ2v) is 6.62. The van der Waals surface area contributed by atoms with Crippen LogP contribution in [0.1, 0.15) is 38.5 Å². The molecule has 0 aliphatic heterocycles. The molecule has 0 radical (unpaired) electrons. The van der Waals surface area contributed by atoms with Crippen LogP contribution >= 0.6 is 0 Å². The molecular weight excluding hydrogens is 238 g/mol. The molecule has 3 aliphatic rings. The van der Waals surface area contributed by atoms with Crippen LogP contribution in [0.25, 0.3) is 0 Å². The Hall–Kier alpha value is -1.32. The summed E-state index contributed by atoms with van der Waals surface area (Å²) in [6.45, 7) is 0. The number of hydrogen-bond acceptors (Lipinski definition) is 2. The number of imidazole rings is 1. The van der Waals surface area contributed by atoms with Crippen LogP contribution in [0.4, 0.5) is 4.79 Å². The summed E-state index contributed by atoms with van der Waals surface area (Å²) in [5.41, 5.74) is 0. The Balaban J connectivity index is 1.53. The second-order valence-electron chi connectivity index (χ2n) is 6.62.